The highest BCUT2D eigenvalue weighted by Crippen LogP contribution is 2.39. The van der Waals surface area contributed by atoms with Crippen molar-refractivity contribution in [3.05, 3.63) is 74.3 Å². The topological polar surface area (TPSA) is 36.7 Å². The fourth-order valence-electron chi connectivity index (χ4n) is 2.49. The zero-order chi connectivity index (χ0) is 18.0. The zero-order valence-corrected chi connectivity index (χ0v) is 15.8. The van der Waals surface area contributed by atoms with Gasteiger partial charge < -0.3 is 0 Å². The Morgan fingerprint density at radius 2 is 1.32 bits per heavy atom. The maximum absolute atomic E-state index is 8.96. The van der Waals surface area contributed by atoms with Gasteiger partial charge in [-0.25, -0.2) is 0 Å². The van der Waals surface area contributed by atoms with Gasteiger partial charge in [0.1, 0.15) is 0 Å². The number of aromatic nitrogens is 1. The van der Waals surface area contributed by atoms with Crippen molar-refractivity contribution in [3.63, 3.8) is 0 Å². The smallest absolute Gasteiger partial charge is 0.0799 e. The molecule has 1 heterocycles. The number of pyridine rings is 1. The van der Waals surface area contributed by atoms with Crippen LogP contribution in [0.15, 0.2) is 48.5 Å². The van der Waals surface area contributed by atoms with Crippen molar-refractivity contribution >= 4 is 46.4 Å². The van der Waals surface area contributed by atoms with E-state index in [1.165, 1.54) is 0 Å². The molecule has 1 aromatic heterocycles. The minimum Gasteiger partial charge on any atom is -0.251 e. The lowest BCUT2D eigenvalue weighted by molar-refractivity contribution is 1.12. The second kappa shape index (κ2) is 7.64. The molecule has 0 atom stereocenters. The first-order chi connectivity index (χ1) is 12.0. The molecule has 0 N–H and O–H groups in total. The Morgan fingerprint density at radius 1 is 0.760 bits per heavy atom. The van der Waals surface area contributed by atoms with Crippen LogP contribution in [0, 0.1) is 11.3 Å². The van der Waals surface area contributed by atoms with Gasteiger partial charge in [0, 0.05) is 31.8 Å². The molecule has 0 amide bonds. The summed E-state index contributed by atoms with van der Waals surface area (Å²) in [5, 5.41) is 11.0. The third kappa shape index (κ3) is 3.92. The van der Waals surface area contributed by atoms with Crippen LogP contribution in [0.3, 0.4) is 0 Å². The van der Waals surface area contributed by atoms with Crippen LogP contribution in [0.4, 0.5) is 0 Å². The highest BCUT2D eigenvalue weighted by Gasteiger charge is 2.16. The SMILES string of the molecule is N#CCc1ccc(-c2ccc(Cl)cc2Cl)c(-c2ccc(Cl)cc2Cl)n1. The van der Waals surface area contributed by atoms with E-state index in [0.29, 0.717) is 37.0 Å². The number of hydrogen-bond donors (Lipinski definition) is 0. The van der Waals surface area contributed by atoms with Gasteiger partial charge in [-0.15, -0.1) is 0 Å². The van der Waals surface area contributed by atoms with Crippen molar-refractivity contribution in [1.82, 2.24) is 4.98 Å². The second-order valence-electron chi connectivity index (χ2n) is 5.28. The number of hydrogen-bond acceptors (Lipinski definition) is 2. The van der Waals surface area contributed by atoms with Gasteiger partial charge in [-0.05, 0) is 36.4 Å². The second-order valence-corrected chi connectivity index (χ2v) is 6.97. The molecule has 2 nitrogen and oxygen atoms in total. The first-order valence-corrected chi connectivity index (χ1v) is 8.78. The predicted molar refractivity (Wildman–Crippen MR) is 104 cm³/mol. The van der Waals surface area contributed by atoms with Crippen molar-refractivity contribution in [2.75, 3.05) is 0 Å². The van der Waals surface area contributed by atoms with Crippen LogP contribution in [0.25, 0.3) is 22.4 Å². The van der Waals surface area contributed by atoms with Crippen molar-refractivity contribution in [1.29, 1.82) is 5.26 Å². The summed E-state index contributed by atoms with van der Waals surface area (Å²) in [6.07, 6.45) is 0.201. The van der Waals surface area contributed by atoms with Crippen LogP contribution in [0.5, 0.6) is 0 Å². The Bertz CT molecular complexity index is 993. The van der Waals surface area contributed by atoms with Crippen LogP contribution in [0.1, 0.15) is 5.69 Å². The van der Waals surface area contributed by atoms with Gasteiger partial charge in [0.15, 0.2) is 0 Å². The third-order valence-electron chi connectivity index (χ3n) is 3.62. The molecule has 0 unspecified atom stereocenters. The first-order valence-electron chi connectivity index (χ1n) is 7.27. The van der Waals surface area contributed by atoms with E-state index in [-0.39, 0.29) is 6.42 Å². The van der Waals surface area contributed by atoms with Gasteiger partial charge in [-0.2, -0.15) is 5.26 Å². The van der Waals surface area contributed by atoms with Crippen molar-refractivity contribution in [2.24, 2.45) is 0 Å². The van der Waals surface area contributed by atoms with Crippen LogP contribution in [-0.4, -0.2) is 4.98 Å². The van der Waals surface area contributed by atoms with E-state index in [1.807, 2.05) is 12.1 Å². The number of rotatable bonds is 3. The molecule has 2 aromatic carbocycles. The molecule has 124 valence electrons. The predicted octanol–water partition coefficient (Wildman–Crippen LogP) is 7.10. The Balaban J connectivity index is 2.27. The molecule has 0 radical (unpaired) electrons. The van der Waals surface area contributed by atoms with Crippen LogP contribution < -0.4 is 0 Å². The lowest BCUT2D eigenvalue weighted by atomic mass is 9.98. The quantitative estimate of drug-likeness (QED) is 0.464. The monoisotopic (exact) mass is 406 g/mol. The Hall–Kier alpha value is -1.76. The van der Waals surface area contributed by atoms with E-state index in [1.54, 1.807) is 36.4 Å². The summed E-state index contributed by atoms with van der Waals surface area (Å²) in [7, 11) is 0. The average molecular weight is 408 g/mol. The number of nitrogens with zero attached hydrogens (tertiary/aromatic N) is 2. The lowest BCUT2D eigenvalue weighted by Gasteiger charge is -2.13. The molecule has 0 aliphatic carbocycles. The average Bonchev–Trinajstić information content (AvgIpc) is 2.56. The molecule has 3 rings (SSSR count). The third-order valence-corrected chi connectivity index (χ3v) is 4.72. The molecule has 0 saturated carbocycles. The number of nitriles is 1. The molecule has 0 saturated heterocycles. The molecular formula is C19H10Cl4N2. The maximum atomic E-state index is 8.96. The summed E-state index contributed by atoms with van der Waals surface area (Å²) in [6.45, 7) is 0. The Morgan fingerprint density at radius 3 is 1.88 bits per heavy atom. The van der Waals surface area contributed by atoms with Gasteiger partial charge in [0.25, 0.3) is 0 Å². The van der Waals surface area contributed by atoms with Gasteiger partial charge >= 0.3 is 0 Å². The Kier molecular flexibility index (Phi) is 5.51. The van der Waals surface area contributed by atoms with Gasteiger partial charge in [0.2, 0.25) is 0 Å². The zero-order valence-electron chi connectivity index (χ0n) is 12.7. The molecule has 25 heavy (non-hydrogen) atoms. The van der Waals surface area contributed by atoms with E-state index >= 15 is 0 Å². The van der Waals surface area contributed by atoms with Gasteiger partial charge in [0.05, 0.1) is 28.9 Å². The van der Waals surface area contributed by atoms with E-state index in [4.69, 9.17) is 51.7 Å². The van der Waals surface area contributed by atoms with Crippen LogP contribution in [0.2, 0.25) is 20.1 Å². The molecular weight excluding hydrogens is 398 g/mol. The molecule has 6 heteroatoms. The molecule has 0 fully saturated rings. The highest BCUT2D eigenvalue weighted by molar-refractivity contribution is 6.37. The fraction of sp³-hybridized carbons (Fsp3) is 0.0526. The minimum absolute atomic E-state index is 0.201. The van der Waals surface area contributed by atoms with Crippen molar-refractivity contribution < 1.29 is 0 Å². The van der Waals surface area contributed by atoms with Crippen LogP contribution >= 0.6 is 46.4 Å². The lowest BCUT2D eigenvalue weighted by Crippen LogP contribution is -1.96. The molecule has 0 spiro atoms. The fourth-order valence-corrected chi connectivity index (χ4v) is 3.50. The van der Waals surface area contributed by atoms with Crippen LogP contribution in [-0.2, 0) is 6.42 Å². The number of benzene rings is 2. The number of halogens is 4. The molecule has 0 bridgehead atoms. The molecule has 0 aliphatic rings. The summed E-state index contributed by atoms with van der Waals surface area (Å²) in [5.41, 5.74) is 3.58. The summed E-state index contributed by atoms with van der Waals surface area (Å²) in [5.74, 6) is 0. The van der Waals surface area contributed by atoms with E-state index in [2.05, 4.69) is 11.1 Å². The van der Waals surface area contributed by atoms with E-state index in [0.717, 1.165) is 11.1 Å². The minimum atomic E-state index is 0.201. The summed E-state index contributed by atoms with van der Waals surface area (Å²) in [4.78, 5) is 4.62. The standard InChI is InChI=1S/C19H10Cl4N2/c20-11-1-4-14(17(22)9-11)15-6-3-13(7-8-24)25-19(15)16-5-2-12(21)10-18(16)23/h1-6,9-10H,7H2. The summed E-state index contributed by atoms with van der Waals surface area (Å²) >= 11 is 24.7. The molecule has 0 aliphatic heterocycles. The van der Waals surface area contributed by atoms with E-state index < -0.39 is 0 Å². The van der Waals surface area contributed by atoms with Gasteiger partial charge in [-0.1, -0.05) is 58.5 Å². The Labute approximate surface area is 165 Å². The largest absolute Gasteiger partial charge is 0.251 e. The van der Waals surface area contributed by atoms with E-state index in [9.17, 15) is 0 Å². The van der Waals surface area contributed by atoms with Crippen molar-refractivity contribution in [3.8, 4) is 28.5 Å². The maximum Gasteiger partial charge on any atom is 0.0799 e. The normalized spacial score (nSPS) is 10.5. The first kappa shape index (κ1) is 18.0. The summed E-state index contributed by atoms with van der Waals surface area (Å²) < 4.78 is 0. The van der Waals surface area contributed by atoms with Gasteiger partial charge in [-0.3, -0.25) is 4.98 Å². The van der Waals surface area contributed by atoms with Crippen molar-refractivity contribution in [2.45, 2.75) is 6.42 Å². The summed E-state index contributed by atoms with van der Waals surface area (Å²) in [6, 6.07) is 16.3. The highest BCUT2D eigenvalue weighted by atomic mass is 35.5. The molecule has 3 aromatic rings.